The average Bonchev–Trinajstić information content (AvgIpc) is 2.94. The molecule has 2 rings (SSSR count). The molecular formula is C16H26N4O. The summed E-state index contributed by atoms with van der Waals surface area (Å²) in [6, 6.07) is 2.35. The first-order valence-electron chi connectivity index (χ1n) is 7.84. The van der Waals surface area contributed by atoms with Crippen LogP contribution in [0.15, 0.2) is 18.5 Å². The van der Waals surface area contributed by atoms with E-state index in [2.05, 4.69) is 22.1 Å². The van der Waals surface area contributed by atoms with Crippen molar-refractivity contribution in [3.05, 3.63) is 24.0 Å². The van der Waals surface area contributed by atoms with Crippen molar-refractivity contribution in [1.82, 2.24) is 14.8 Å². The SMILES string of the molecule is CCNc1ccncc1C(=O)N(C)CC1CCCN1CC. The van der Waals surface area contributed by atoms with Crippen LogP contribution < -0.4 is 5.32 Å². The van der Waals surface area contributed by atoms with Crippen LogP contribution in [0.1, 0.15) is 37.0 Å². The molecule has 1 aromatic heterocycles. The third-order valence-electron chi connectivity index (χ3n) is 4.16. The molecule has 0 aromatic carbocycles. The van der Waals surface area contributed by atoms with Gasteiger partial charge in [-0.25, -0.2) is 0 Å². The number of pyridine rings is 1. The van der Waals surface area contributed by atoms with E-state index in [4.69, 9.17) is 0 Å². The summed E-state index contributed by atoms with van der Waals surface area (Å²) < 4.78 is 0. The van der Waals surface area contributed by atoms with E-state index < -0.39 is 0 Å². The van der Waals surface area contributed by atoms with Crippen LogP contribution in [0.25, 0.3) is 0 Å². The Balaban J connectivity index is 2.05. The second-order valence-electron chi connectivity index (χ2n) is 5.56. The minimum absolute atomic E-state index is 0.0435. The summed E-state index contributed by atoms with van der Waals surface area (Å²) >= 11 is 0. The molecular weight excluding hydrogens is 264 g/mol. The number of nitrogens with zero attached hydrogens (tertiary/aromatic N) is 3. The van der Waals surface area contributed by atoms with Crippen LogP contribution in [0.4, 0.5) is 5.69 Å². The minimum Gasteiger partial charge on any atom is -0.385 e. The smallest absolute Gasteiger partial charge is 0.257 e. The van der Waals surface area contributed by atoms with Gasteiger partial charge in [-0.15, -0.1) is 0 Å². The highest BCUT2D eigenvalue weighted by Crippen LogP contribution is 2.20. The van der Waals surface area contributed by atoms with Crippen molar-refractivity contribution < 1.29 is 4.79 Å². The second-order valence-corrected chi connectivity index (χ2v) is 5.56. The first-order chi connectivity index (χ1) is 10.2. The first kappa shape index (κ1) is 15.8. The molecule has 0 aliphatic carbocycles. The fourth-order valence-corrected chi connectivity index (χ4v) is 3.03. The van der Waals surface area contributed by atoms with Crippen molar-refractivity contribution in [3.63, 3.8) is 0 Å². The Hall–Kier alpha value is -1.62. The molecule has 0 radical (unpaired) electrons. The monoisotopic (exact) mass is 290 g/mol. The number of likely N-dealkylation sites (N-methyl/N-ethyl adjacent to an activating group) is 2. The molecule has 2 heterocycles. The zero-order chi connectivity index (χ0) is 15.2. The van der Waals surface area contributed by atoms with Crippen LogP contribution in [0.2, 0.25) is 0 Å². The Morgan fingerprint density at radius 3 is 3.05 bits per heavy atom. The van der Waals surface area contributed by atoms with Gasteiger partial charge in [0.1, 0.15) is 0 Å². The van der Waals surface area contributed by atoms with Crippen molar-refractivity contribution in [1.29, 1.82) is 0 Å². The summed E-state index contributed by atoms with van der Waals surface area (Å²) in [7, 11) is 1.89. The van der Waals surface area contributed by atoms with Gasteiger partial charge in [-0.05, 0) is 38.9 Å². The molecule has 1 aromatic rings. The van der Waals surface area contributed by atoms with Crippen LogP contribution in [0, 0.1) is 0 Å². The number of hydrogen-bond donors (Lipinski definition) is 1. The lowest BCUT2D eigenvalue weighted by atomic mass is 10.1. The lowest BCUT2D eigenvalue weighted by Gasteiger charge is -2.28. The van der Waals surface area contributed by atoms with E-state index in [0.29, 0.717) is 11.6 Å². The summed E-state index contributed by atoms with van der Waals surface area (Å²) in [5, 5.41) is 3.23. The summed E-state index contributed by atoms with van der Waals surface area (Å²) in [5.74, 6) is 0.0435. The van der Waals surface area contributed by atoms with Crippen molar-refractivity contribution >= 4 is 11.6 Å². The normalized spacial score (nSPS) is 18.7. The van der Waals surface area contributed by atoms with Gasteiger partial charge in [0.2, 0.25) is 0 Å². The number of carbonyl (C=O) groups excluding carboxylic acids is 1. The van der Waals surface area contributed by atoms with Gasteiger partial charge < -0.3 is 10.2 Å². The molecule has 21 heavy (non-hydrogen) atoms. The van der Waals surface area contributed by atoms with Gasteiger partial charge in [0.15, 0.2) is 0 Å². The molecule has 116 valence electrons. The van der Waals surface area contributed by atoms with Crippen molar-refractivity contribution in [3.8, 4) is 0 Å². The van der Waals surface area contributed by atoms with Gasteiger partial charge in [-0.1, -0.05) is 6.92 Å². The van der Waals surface area contributed by atoms with Crippen molar-refractivity contribution in [2.45, 2.75) is 32.7 Å². The molecule has 1 saturated heterocycles. The zero-order valence-electron chi connectivity index (χ0n) is 13.3. The molecule has 0 spiro atoms. The molecule has 0 bridgehead atoms. The van der Waals surface area contributed by atoms with Gasteiger partial charge in [0.05, 0.1) is 11.3 Å². The molecule has 5 nitrogen and oxygen atoms in total. The third kappa shape index (κ3) is 3.73. The Kier molecular flexibility index (Phi) is 5.56. The maximum absolute atomic E-state index is 12.7. The standard InChI is InChI=1S/C16H26N4O/c1-4-18-15-8-9-17-11-14(15)16(21)19(3)12-13-7-6-10-20(13)5-2/h8-9,11,13H,4-7,10,12H2,1-3H3,(H,17,18). The quantitative estimate of drug-likeness (QED) is 0.871. The molecule has 1 amide bonds. The minimum atomic E-state index is 0.0435. The van der Waals surface area contributed by atoms with Gasteiger partial charge in [-0.3, -0.25) is 14.7 Å². The third-order valence-corrected chi connectivity index (χ3v) is 4.16. The number of anilines is 1. The van der Waals surface area contributed by atoms with E-state index in [9.17, 15) is 4.79 Å². The molecule has 1 aliphatic rings. The van der Waals surface area contributed by atoms with E-state index in [1.807, 2.05) is 24.9 Å². The highest BCUT2D eigenvalue weighted by Gasteiger charge is 2.26. The Morgan fingerprint density at radius 1 is 1.52 bits per heavy atom. The fraction of sp³-hybridized carbons (Fsp3) is 0.625. The van der Waals surface area contributed by atoms with Crippen LogP contribution in [0.3, 0.4) is 0 Å². The van der Waals surface area contributed by atoms with E-state index in [1.165, 1.54) is 12.8 Å². The van der Waals surface area contributed by atoms with Crippen molar-refractivity contribution in [2.24, 2.45) is 0 Å². The van der Waals surface area contributed by atoms with Gasteiger partial charge in [0, 0.05) is 38.6 Å². The maximum atomic E-state index is 12.7. The van der Waals surface area contributed by atoms with Gasteiger partial charge in [0.25, 0.3) is 5.91 Å². The largest absolute Gasteiger partial charge is 0.385 e. The number of amides is 1. The molecule has 5 heteroatoms. The Bertz CT molecular complexity index is 477. The number of likely N-dealkylation sites (tertiary alicyclic amines) is 1. The number of nitrogens with one attached hydrogen (secondary N) is 1. The summed E-state index contributed by atoms with van der Waals surface area (Å²) in [4.78, 5) is 21.0. The number of hydrogen-bond acceptors (Lipinski definition) is 4. The van der Waals surface area contributed by atoms with E-state index >= 15 is 0 Å². The average molecular weight is 290 g/mol. The number of rotatable bonds is 6. The topological polar surface area (TPSA) is 48.5 Å². The summed E-state index contributed by atoms with van der Waals surface area (Å²) in [6.45, 7) is 7.99. The molecule has 1 atom stereocenters. The molecule has 1 unspecified atom stereocenters. The molecule has 1 N–H and O–H groups in total. The van der Waals surface area contributed by atoms with Crippen LogP contribution in [0.5, 0.6) is 0 Å². The van der Waals surface area contributed by atoms with Crippen molar-refractivity contribution in [2.75, 3.05) is 38.5 Å². The molecule has 1 aliphatic heterocycles. The van der Waals surface area contributed by atoms with E-state index in [1.54, 1.807) is 12.4 Å². The zero-order valence-corrected chi connectivity index (χ0v) is 13.3. The number of aromatic nitrogens is 1. The highest BCUT2D eigenvalue weighted by molar-refractivity contribution is 5.99. The molecule has 0 saturated carbocycles. The highest BCUT2D eigenvalue weighted by atomic mass is 16.2. The van der Waals surface area contributed by atoms with Gasteiger partial charge >= 0.3 is 0 Å². The fourth-order valence-electron chi connectivity index (χ4n) is 3.03. The number of carbonyl (C=O) groups is 1. The lowest BCUT2D eigenvalue weighted by Crippen LogP contribution is -2.41. The van der Waals surface area contributed by atoms with E-state index in [0.717, 1.165) is 31.9 Å². The predicted molar refractivity (Wildman–Crippen MR) is 85.6 cm³/mol. The summed E-state index contributed by atoms with van der Waals surface area (Å²) in [5.41, 5.74) is 1.52. The van der Waals surface area contributed by atoms with Crippen LogP contribution in [-0.4, -0.2) is 60.0 Å². The first-order valence-corrected chi connectivity index (χ1v) is 7.84. The Labute approximate surface area is 127 Å². The predicted octanol–water partition coefficient (Wildman–Crippen LogP) is 2.07. The van der Waals surface area contributed by atoms with Crippen LogP contribution >= 0.6 is 0 Å². The van der Waals surface area contributed by atoms with E-state index in [-0.39, 0.29) is 5.91 Å². The lowest BCUT2D eigenvalue weighted by molar-refractivity contribution is 0.0755. The second kappa shape index (κ2) is 7.41. The summed E-state index contributed by atoms with van der Waals surface area (Å²) in [6.07, 6.45) is 5.78. The van der Waals surface area contributed by atoms with Crippen LogP contribution in [-0.2, 0) is 0 Å². The van der Waals surface area contributed by atoms with Gasteiger partial charge in [-0.2, -0.15) is 0 Å². The molecule has 1 fully saturated rings. The maximum Gasteiger partial charge on any atom is 0.257 e. The Morgan fingerprint density at radius 2 is 2.33 bits per heavy atom.